The highest BCUT2D eigenvalue weighted by atomic mass is 79.9. The van der Waals surface area contributed by atoms with Crippen LogP contribution in [0.2, 0.25) is 18.1 Å². The molecule has 2 heterocycles. The zero-order chi connectivity index (χ0) is 18.9. The Kier molecular flexibility index (Phi) is 3.69. The van der Waals surface area contributed by atoms with Crippen molar-refractivity contribution in [3.8, 4) is 0 Å². The summed E-state index contributed by atoms with van der Waals surface area (Å²) in [7, 11) is -1.83. The summed E-state index contributed by atoms with van der Waals surface area (Å²) in [5.41, 5.74) is 0.0322. The van der Waals surface area contributed by atoms with Crippen molar-refractivity contribution in [2.45, 2.75) is 94.2 Å². The van der Waals surface area contributed by atoms with Gasteiger partial charge in [0.25, 0.3) is 0 Å². The van der Waals surface area contributed by atoms with Gasteiger partial charge < -0.3 is 18.6 Å². The average Bonchev–Trinajstić information content (AvgIpc) is 3.19. The Morgan fingerprint density at radius 3 is 2.46 bits per heavy atom. The van der Waals surface area contributed by atoms with E-state index in [2.05, 4.69) is 49.8 Å². The van der Waals surface area contributed by atoms with Gasteiger partial charge in [0.1, 0.15) is 6.10 Å². The summed E-state index contributed by atoms with van der Waals surface area (Å²) in [5, 5.41) is 0.216. The Bertz CT molecular complexity index is 632. The van der Waals surface area contributed by atoms with Crippen LogP contribution in [-0.4, -0.2) is 50.0 Å². The molecule has 0 aromatic rings. The third kappa shape index (κ3) is 2.10. The Morgan fingerprint density at radius 2 is 1.81 bits per heavy atom. The molecule has 5 fully saturated rings. The lowest BCUT2D eigenvalue weighted by molar-refractivity contribution is -0.184. The molecule has 3 aliphatic carbocycles. The van der Waals surface area contributed by atoms with E-state index in [0.717, 1.165) is 6.61 Å². The predicted molar refractivity (Wildman–Crippen MR) is 106 cm³/mol. The van der Waals surface area contributed by atoms with Crippen molar-refractivity contribution in [1.29, 1.82) is 0 Å². The van der Waals surface area contributed by atoms with Crippen molar-refractivity contribution in [3.63, 3.8) is 0 Å². The van der Waals surface area contributed by atoms with E-state index in [1.807, 2.05) is 13.8 Å². The minimum atomic E-state index is -1.83. The fourth-order valence-corrected chi connectivity index (χ4v) is 8.73. The van der Waals surface area contributed by atoms with Crippen LogP contribution in [0.5, 0.6) is 0 Å². The molecule has 2 saturated heterocycles. The smallest absolute Gasteiger partial charge is 0.192 e. The summed E-state index contributed by atoms with van der Waals surface area (Å²) in [5.74, 6) is 1.20. The maximum atomic E-state index is 6.85. The summed E-state index contributed by atoms with van der Waals surface area (Å²) < 4.78 is 26.3. The van der Waals surface area contributed by atoms with E-state index in [1.165, 1.54) is 6.42 Å². The van der Waals surface area contributed by atoms with Crippen LogP contribution in [0.3, 0.4) is 0 Å². The largest absolute Gasteiger partial charge is 0.416 e. The topological polar surface area (TPSA) is 36.9 Å². The predicted octanol–water partition coefficient (Wildman–Crippen LogP) is 4.33. The van der Waals surface area contributed by atoms with Gasteiger partial charge >= 0.3 is 0 Å². The van der Waals surface area contributed by atoms with Crippen molar-refractivity contribution < 1.29 is 18.6 Å². The van der Waals surface area contributed by atoms with E-state index >= 15 is 0 Å². The first kappa shape index (κ1) is 18.6. The molecule has 0 amide bonds. The minimum Gasteiger partial charge on any atom is -0.416 e. The van der Waals surface area contributed by atoms with Crippen molar-refractivity contribution in [2.24, 2.45) is 23.2 Å². The SMILES string of the molecule is CC1(C)O[C@H]2[C@@H]3OC4C(Br)C5CC4C3[C@@]5(CO[Si](C)(C)C(C)(C)C)[C@H]2O1. The van der Waals surface area contributed by atoms with Crippen LogP contribution >= 0.6 is 15.9 Å². The zero-order valence-electron chi connectivity index (χ0n) is 17.0. The quantitative estimate of drug-likeness (QED) is 0.479. The number of hydrogen-bond acceptors (Lipinski definition) is 4. The Labute approximate surface area is 166 Å². The Morgan fingerprint density at radius 1 is 1.12 bits per heavy atom. The van der Waals surface area contributed by atoms with Gasteiger partial charge in [-0.15, -0.1) is 0 Å². The van der Waals surface area contributed by atoms with Gasteiger partial charge in [-0.25, -0.2) is 0 Å². The third-order valence-corrected chi connectivity index (χ3v) is 14.2. The van der Waals surface area contributed by atoms with Gasteiger partial charge in [-0.2, -0.15) is 0 Å². The monoisotopic (exact) mass is 444 g/mol. The van der Waals surface area contributed by atoms with Gasteiger partial charge in [-0.1, -0.05) is 36.7 Å². The molecule has 0 spiro atoms. The summed E-state index contributed by atoms with van der Waals surface area (Å²) >= 11 is 4.01. The van der Waals surface area contributed by atoms with Crippen LogP contribution in [0.4, 0.5) is 0 Å². The molecule has 3 saturated carbocycles. The van der Waals surface area contributed by atoms with Crippen LogP contribution in [0.25, 0.3) is 0 Å². The average molecular weight is 445 g/mol. The van der Waals surface area contributed by atoms with Crippen LogP contribution in [0, 0.1) is 23.2 Å². The van der Waals surface area contributed by atoms with Crippen LogP contribution in [0.1, 0.15) is 41.0 Å². The Balaban J connectivity index is 1.52. The maximum Gasteiger partial charge on any atom is 0.192 e. The second kappa shape index (κ2) is 5.17. The van der Waals surface area contributed by atoms with E-state index < -0.39 is 14.1 Å². The number of fused-ring (bicyclic) bond motifs is 5. The van der Waals surface area contributed by atoms with Crippen molar-refractivity contribution in [2.75, 3.05) is 6.61 Å². The number of hydrogen-bond donors (Lipinski definition) is 0. The van der Waals surface area contributed by atoms with Crippen molar-refractivity contribution >= 4 is 24.2 Å². The lowest BCUT2D eigenvalue weighted by Crippen LogP contribution is -2.55. The summed E-state index contributed by atoms with van der Waals surface area (Å²) in [4.78, 5) is 0.421. The summed E-state index contributed by atoms with van der Waals surface area (Å²) in [6.45, 7) is 16.5. The van der Waals surface area contributed by atoms with Crippen LogP contribution in [0.15, 0.2) is 0 Å². The van der Waals surface area contributed by atoms with Crippen molar-refractivity contribution in [3.05, 3.63) is 0 Å². The van der Waals surface area contributed by atoms with E-state index in [4.69, 9.17) is 18.6 Å². The molecule has 6 heteroatoms. The first-order valence-electron chi connectivity index (χ1n) is 10.2. The third-order valence-electron chi connectivity index (χ3n) is 8.56. The molecule has 9 atom stereocenters. The molecular weight excluding hydrogens is 412 g/mol. The first-order chi connectivity index (χ1) is 11.9. The molecule has 5 unspecified atom stereocenters. The lowest BCUT2D eigenvalue weighted by Gasteiger charge is -2.47. The zero-order valence-corrected chi connectivity index (χ0v) is 19.6. The number of rotatable bonds is 3. The fraction of sp³-hybridized carbons (Fsp3) is 1.00. The second-order valence-corrected chi connectivity index (χ2v) is 17.1. The van der Waals surface area contributed by atoms with Crippen LogP contribution < -0.4 is 0 Å². The highest BCUT2D eigenvalue weighted by molar-refractivity contribution is 9.09. The van der Waals surface area contributed by atoms with Gasteiger partial charge in [0.2, 0.25) is 0 Å². The molecule has 0 radical (unpaired) electrons. The minimum absolute atomic E-state index is 0.0322. The normalized spacial score (nSPS) is 53.5. The molecule has 0 N–H and O–H groups in total. The van der Waals surface area contributed by atoms with E-state index in [0.29, 0.717) is 28.7 Å². The molecule has 5 rings (SSSR count). The van der Waals surface area contributed by atoms with Gasteiger partial charge in [-0.05, 0) is 50.2 Å². The van der Waals surface area contributed by atoms with Gasteiger partial charge in [0, 0.05) is 22.8 Å². The number of ether oxygens (including phenoxy) is 3. The summed E-state index contributed by atoms with van der Waals surface area (Å²) in [6.07, 6.45) is 1.92. The fourth-order valence-electron chi connectivity index (χ4n) is 6.46. The van der Waals surface area contributed by atoms with Gasteiger partial charge in [0.05, 0.1) is 18.3 Å². The molecule has 5 aliphatic rings. The maximum absolute atomic E-state index is 6.85. The number of halogens is 1. The van der Waals surface area contributed by atoms with E-state index in [9.17, 15) is 0 Å². The molecule has 2 aliphatic heterocycles. The second-order valence-electron chi connectivity index (χ2n) is 11.2. The van der Waals surface area contributed by atoms with E-state index in [1.54, 1.807) is 0 Å². The molecule has 2 bridgehead atoms. The highest BCUT2D eigenvalue weighted by Gasteiger charge is 2.82. The molecular formula is C20H33BrO4Si. The molecule has 0 aromatic heterocycles. The molecule has 0 aromatic carbocycles. The molecule has 26 heavy (non-hydrogen) atoms. The standard InChI is InChI=1S/C20H33BrO4Si/c1-18(2,3)26(6,7)22-9-20-11-8-10-12(20)15(23-14(10)13(11)21)16-17(20)25-19(4,5)24-16/h10-17H,8-9H2,1-7H3/t10?,11?,12?,13?,14?,15-,16+,17+,20+/m1/s1. The summed E-state index contributed by atoms with van der Waals surface area (Å²) in [6, 6.07) is 0. The van der Waals surface area contributed by atoms with Gasteiger partial charge in [0.15, 0.2) is 14.1 Å². The Hall–Kier alpha value is 0.537. The molecule has 148 valence electrons. The van der Waals surface area contributed by atoms with Gasteiger partial charge in [-0.3, -0.25) is 0 Å². The highest BCUT2D eigenvalue weighted by Crippen LogP contribution is 2.74. The van der Waals surface area contributed by atoms with Crippen LogP contribution in [-0.2, 0) is 18.6 Å². The lowest BCUT2D eigenvalue weighted by atomic mass is 9.67. The van der Waals surface area contributed by atoms with Crippen molar-refractivity contribution in [1.82, 2.24) is 0 Å². The number of alkyl halides is 1. The van der Waals surface area contributed by atoms with E-state index in [-0.39, 0.29) is 28.8 Å². The molecule has 4 nitrogen and oxygen atoms in total. The first-order valence-corrected chi connectivity index (χ1v) is 14.0.